The molecule has 0 aliphatic heterocycles. The van der Waals surface area contributed by atoms with E-state index in [1.807, 2.05) is 60.7 Å². The van der Waals surface area contributed by atoms with E-state index in [0.29, 0.717) is 43.9 Å². The Morgan fingerprint density at radius 1 is 0.860 bits per heavy atom. The Labute approximate surface area is 253 Å². The van der Waals surface area contributed by atoms with E-state index < -0.39 is 11.7 Å². The lowest BCUT2D eigenvalue weighted by molar-refractivity contribution is -0.137. The van der Waals surface area contributed by atoms with Crippen LogP contribution in [0.15, 0.2) is 103 Å². The Morgan fingerprint density at radius 2 is 1.56 bits per heavy atom. The SMILES string of the molecule is FC(F)(F)c1cccc(CN(CCCOc2cccc(Cc3nn[nH]n3)c2)CC(c2ccccc2)c2ccccc2)c1Cl. The van der Waals surface area contributed by atoms with Gasteiger partial charge in [-0.25, -0.2) is 0 Å². The fourth-order valence-corrected chi connectivity index (χ4v) is 5.39. The number of aromatic nitrogens is 4. The first-order valence-electron chi connectivity index (χ1n) is 14.0. The lowest BCUT2D eigenvalue weighted by atomic mass is 9.90. The second-order valence-electron chi connectivity index (χ2n) is 10.2. The highest BCUT2D eigenvalue weighted by Crippen LogP contribution is 2.37. The van der Waals surface area contributed by atoms with Crippen LogP contribution in [0.3, 0.4) is 0 Å². The van der Waals surface area contributed by atoms with E-state index >= 15 is 0 Å². The van der Waals surface area contributed by atoms with Crippen LogP contribution in [0.2, 0.25) is 5.02 Å². The number of benzene rings is 4. The zero-order valence-electron chi connectivity index (χ0n) is 23.3. The molecule has 0 aliphatic carbocycles. The van der Waals surface area contributed by atoms with Crippen LogP contribution in [0, 0.1) is 0 Å². The van der Waals surface area contributed by atoms with Crippen LogP contribution in [-0.2, 0) is 19.1 Å². The molecule has 4 aromatic carbocycles. The van der Waals surface area contributed by atoms with Crippen molar-refractivity contribution >= 4 is 11.6 Å². The molecule has 0 spiro atoms. The minimum absolute atomic E-state index is 0.00899. The molecule has 1 heterocycles. The van der Waals surface area contributed by atoms with E-state index in [2.05, 4.69) is 49.8 Å². The van der Waals surface area contributed by atoms with Crippen molar-refractivity contribution in [1.29, 1.82) is 0 Å². The van der Waals surface area contributed by atoms with E-state index in [0.717, 1.165) is 28.5 Å². The van der Waals surface area contributed by atoms with E-state index in [-0.39, 0.29) is 17.5 Å². The third-order valence-corrected chi connectivity index (χ3v) is 7.61. The second kappa shape index (κ2) is 14.3. The molecule has 222 valence electrons. The summed E-state index contributed by atoms with van der Waals surface area (Å²) in [5, 5.41) is 13.8. The molecule has 0 saturated heterocycles. The van der Waals surface area contributed by atoms with Crippen LogP contribution in [0.1, 0.15) is 46.0 Å². The molecule has 0 radical (unpaired) electrons. The molecule has 0 bridgehead atoms. The molecule has 0 saturated carbocycles. The number of ether oxygens (including phenoxy) is 1. The first-order chi connectivity index (χ1) is 20.9. The number of hydrogen-bond donors (Lipinski definition) is 1. The van der Waals surface area contributed by atoms with Crippen molar-refractivity contribution in [3.63, 3.8) is 0 Å². The Kier molecular flexibility index (Phi) is 10.1. The van der Waals surface area contributed by atoms with Gasteiger partial charge in [-0.3, -0.25) is 4.90 Å². The number of aromatic amines is 1. The normalized spacial score (nSPS) is 11.8. The summed E-state index contributed by atoms with van der Waals surface area (Å²) in [4.78, 5) is 2.15. The highest BCUT2D eigenvalue weighted by Gasteiger charge is 2.34. The monoisotopic (exact) mass is 605 g/mol. The van der Waals surface area contributed by atoms with Crippen molar-refractivity contribution in [2.24, 2.45) is 0 Å². The quantitative estimate of drug-likeness (QED) is 0.140. The molecule has 1 N–H and O–H groups in total. The third kappa shape index (κ3) is 8.43. The molecule has 0 amide bonds. The molecule has 0 aliphatic rings. The summed E-state index contributed by atoms with van der Waals surface area (Å²) in [5.74, 6) is 1.32. The summed E-state index contributed by atoms with van der Waals surface area (Å²) >= 11 is 6.33. The number of hydrogen-bond acceptors (Lipinski definition) is 5. The highest BCUT2D eigenvalue weighted by atomic mass is 35.5. The predicted octanol–water partition coefficient (Wildman–Crippen LogP) is 7.57. The number of rotatable bonds is 13. The standard InChI is InChI=1S/C33H31ClF3N5O/c34-32-27(15-8-17-30(32)33(35,36)37)22-42(23-29(25-11-3-1-4-12-25)26-13-5-2-6-14-26)18-9-19-43-28-16-7-10-24(20-28)21-31-38-40-41-39-31/h1-8,10-17,20,29H,9,18-19,21-23H2,(H,38,39,40,41). The van der Waals surface area contributed by atoms with Gasteiger partial charge in [-0.05, 0) is 46.9 Å². The topological polar surface area (TPSA) is 66.9 Å². The van der Waals surface area contributed by atoms with Crippen molar-refractivity contribution in [1.82, 2.24) is 25.5 Å². The lowest BCUT2D eigenvalue weighted by Gasteiger charge is -2.29. The zero-order valence-corrected chi connectivity index (χ0v) is 24.1. The number of H-pyrrole nitrogens is 1. The van der Waals surface area contributed by atoms with Crippen molar-refractivity contribution in [2.45, 2.75) is 31.5 Å². The largest absolute Gasteiger partial charge is 0.494 e. The van der Waals surface area contributed by atoms with Gasteiger partial charge in [0.2, 0.25) is 0 Å². The van der Waals surface area contributed by atoms with E-state index in [4.69, 9.17) is 16.3 Å². The van der Waals surface area contributed by atoms with Crippen molar-refractivity contribution in [2.75, 3.05) is 19.7 Å². The molecule has 0 atom stereocenters. The Balaban J connectivity index is 1.32. The fourth-order valence-electron chi connectivity index (χ4n) is 5.09. The molecule has 1 aromatic heterocycles. The Hall–Kier alpha value is -4.21. The lowest BCUT2D eigenvalue weighted by Crippen LogP contribution is -2.31. The van der Waals surface area contributed by atoms with E-state index in [1.165, 1.54) is 6.07 Å². The smallest absolute Gasteiger partial charge is 0.417 e. The maximum Gasteiger partial charge on any atom is 0.417 e. The van der Waals surface area contributed by atoms with Crippen LogP contribution in [0.25, 0.3) is 0 Å². The molecule has 43 heavy (non-hydrogen) atoms. The van der Waals surface area contributed by atoms with Crippen LogP contribution < -0.4 is 4.74 Å². The predicted molar refractivity (Wildman–Crippen MR) is 160 cm³/mol. The van der Waals surface area contributed by atoms with Crippen LogP contribution >= 0.6 is 11.6 Å². The number of nitrogens with zero attached hydrogens (tertiary/aromatic N) is 4. The molecular formula is C33H31ClF3N5O. The highest BCUT2D eigenvalue weighted by molar-refractivity contribution is 6.32. The van der Waals surface area contributed by atoms with Crippen LogP contribution in [0.5, 0.6) is 5.75 Å². The van der Waals surface area contributed by atoms with Gasteiger partial charge in [0.05, 0.1) is 17.2 Å². The Bertz CT molecular complexity index is 1530. The van der Waals surface area contributed by atoms with Crippen LogP contribution in [0.4, 0.5) is 13.2 Å². The molecule has 0 unspecified atom stereocenters. The van der Waals surface area contributed by atoms with E-state index in [1.54, 1.807) is 6.07 Å². The second-order valence-corrected chi connectivity index (χ2v) is 10.6. The van der Waals surface area contributed by atoms with Crippen molar-refractivity contribution < 1.29 is 17.9 Å². The van der Waals surface area contributed by atoms with Gasteiger partial charge in [0.1, 0.15) is 5.75 Å². The summed E-state index contributed by atoms with van der Waals surface area (Å²) in [6, 6.07) is 32.1. The summed E-state index contributed by atoms with van der Waals surface area (Å²) in [6.07, 6.45) is -3.35. The van der Waals surface area contributed by atoms with Crippen LogP contribution in [-0.4, -0.2) is 45.2 Å². The average Bonchev–Trinajstić information content (AvgIpc) is 3.52. The minimum Gasteiger partial charge on any atom is -0.494 e. The van der Waals surface area contributed by atoms with Crippen molar-refractivity contribution in [3.05, 3.63) is 142 Å². The first kappa shape index (κ1) is 30.3. The maximum atomic E-state index is 13.6. The van der Waals surface area contributed by atoms with Crippen molar-refractivity contribution in [3.8, 4) is 5.75 Å². The van der Waals surface area contributed by atoms with Gasteiger partial charge in [-0.1, -0.05) is 102 Å². The molecular weight excluding hydrogens is 575 g/mol. The van der Waals surface area contributed by atoms with E-state index in [9.17, 15) is 13.2 Å². The summed E-state index contributed by atoms with van der Waals surface area (Å²) in [7, 11) is 0. The first-order valence-corrected chi connectivity index (χ1v) is 14.4. The molecule has 0 fully saturated rings. The molecule has 6 nitrogen and oxygen atoms in total. The number of halogens is 4. The fraction of sp³-hybridized carbons (Fsp3) is 0.242. The van der Waals surface area contributed by atoms with Gasteiger partial charge >= 0.3 is 6.18 Å². The summed E-state index contributed by atoms with van der Waals surface area (Å²) in [5.41, 5.74) is 2.87. The van der Waals surface area contributed by atoms with Gasteiger partial charge < -0.3 is 4.74 Å². The summed E-state index contributed by atoms with van der Waals surface area (Å²) in [6.45, 7) is 1.87. The van der Waals surface area contributed by atoms with Gasteiger partial charge in [-0.15, -0.1) is 10.2 Å². The summed E-state index contributed by atoms with van der Waals surface area (Å²) < 4.78 is 47.0. The minimum atomic E-state index is -4.53. The van der Waals surface area contributed by atoms with Gasteiger partial charge in [0.25, 0.3) is 0 Å². The Morgan fingerprint density at radius 3 is 2.21 bits per heavy atom. The van der Waals surface area contributed by atoms with Gasteiger partial charge in [-0.2, -0.15) is 18.4 Å². The zero-order chi connectivity index (χ0) is 30.1. The van der Waals surface area contributed by atoms with Gasteiger partial charge in [0, 0.05) is 32.0 Å². The third-order valence-electron chi connectivity index (χ3n) is 7.16. The number of tetrazole rings is 1. The average molecular weight is 606 g/mol. The maximum absolute atomic E-state index is 13.6. The number of alkyl halides is 3. The van der Waals surface area contributed by atoms with Gasteiger partial charge in [0.15, 0.2) is 5.82 Å². The molecule has 5 rings (SSSR count). The molecule has 10 heteroatoms. The number of nitrogens with one attached hydrogen (secondary N) is 1. The molecule has 5 aromatic rings.